The fourth-order valence-corrected chi connectivity index (χ4v) is 4.16. The Bertz CT molecular complexity index is 1080. The zero-order chi connectivity index (χ0) is 18.2. The third-order valence-corrected chi connectivity index (χ3v) is 5.58. The number of rotatable bonds is 3. The van der Waals surface area contributed by atoms with Gasteiger partial charge in [0.15, 0.2) is 5.82 Å². The van der Waals surface area contributed by atoms with Gasteiger partial charge in [0.25, 0.3) is 0 Å². The summed E-state index contributed by atoms with van der Waals surface area (Å²) < 4.78 is 0. The van der Waals surface area contributed by atoms with E-state index >= 15 is 0 Å². The molecule has 1 fully saturated rings. The first-order chi connectivity index (χ1) is 13.3. The molecule has 5 rings (SSSR count). The minimum absolute atomic E-state index is 0.535. The van der Waals surface area contributed by atoms with Gasteiger partial charge in [-0.15, -0.1) is 0 Å². The lowest BCUT2D eigenvalue weighted by molar-refractivity contribution is 0.274. The molecule has 0 aliphatic carbocycles. The van der Waals surface area contributed by atoms with Gasteiger partial charge < -0.3 is 10.7 Å². The molecule has 0 amide bonds. The number of anilines is 1. The summed E-state index contributed by atoms with van der Waals surface area (Å²) in [5, 5.41) is 9.17. The lowest BCUT2D eigenvalue weighted by Crippen LogP contribution is -2.24. The Morgan fingerprint density at radius 3 is 2.70 bits per heavy atom. The molecule has 6 heteroatoms. The number of hydrogen-bond donors (Lipinski definition) is 3. The topological polar surface area (TPSA) is 86.6 Å². The van der Waals surface area contributed by atoms with Crippen LogP contribution in [-0.2, 0) is 6.54 Å². The summed E-state index contributed by atoms with van der Waals surface area (Å²) >= 11 is 0. The second-order valence-electron chi connectivity index (χ2n) is 7.47. The highest BCUT2D eigenvalue weighted by atomic mass is 15.1. The van der Waals surface area contributed by atoms with Gasteiger partial charge in [0.05, 0.1) is 5.52 Å². The first-order valence-electron chi connectivity index (χ1n) is 9.71. The highest BCUT2D eigenvalue weighted by Crippen LogP contribution is 2.31. The summed E-state index contributed by atoms with van der Waals surface area (Å²) in [5.74, 6) is 0.535. The summed E-state index contributed by atoms with van der Waals surface area (Å²) in [6.07, 6.45) is 7.18. The third kappa shape index (κ3) is 3.06. The molecule has 27 heavy (non-hydrogen) atoms. The molecule has 3 aromatic heterocycles. The molecule has 1 saturated heterocycles. The van der Waals surface area contributed by atoms with Gasteiger partial charge in [-0.05, 0) is 61.3 Å². The van der Waals surface area contributed by atoms with Gasteiger partial charge in [-0.25, -0.2) is 4.98 Å². The molecule has 0 saturated carbocycles. The van der Waals surface area contributed by atoms with Crippen molar-refractivity contribution in [3.05, 3.63) is 42.2 Å². The molecule has 0 atom stereocenters. The smallest absolute Gasteiger partial charge is 0.153 e. The van der Waals surface area contributed by atoms with Crippen LogP contribution >= 0.6 is 0 Å². The Kier molecular flexibility index (Phi) is 4.05. The van der Waals surface area contributed by atoms with E-state index in [-0.39, 0.29) is 0 Å². The van der Waals surface area contributed by atoms with E-state index in [0.29, 0.717) is 5.82 Å². The van der Waals surface area contributed by atoms with Crippen molar-refractivity contribution in [1.82, 2.24) is 25.1 Å². The van der Waals surface area contributed by atoms with Crippen LogP contribution in [0.3, 0.4) is 0 Å². The number of aromatic amines is 2. The normalized spacial score (nSPS) is 16.1. The second-order valence-corrected chi connectivity index (χ2v) is 7.47. The number of aromatic nitrogens is 4. The van der Waals surface area contributed by atoms with Crippen molar-refractivity contribution >= 4 is 27.8 Å². The van der Waals surface area contributed by atoms with Crippen molar-refractivity contribution in [3.63, 3.8) is 0 Å². The largest absolute Gasteiger partial charge is 0.382 e. The summed E-state index contributed by atoms with van der Waals surface area (Å²) in [7, 11) is 0. The van der Waals surface area contributed by atoms with Crippen LogP contribution in [0.4, 0.5) is 5.82 Å². The van der Waals surface area contributed by atoms with Gasteiger partial charge in [0.1, 0.15) is 5.65 Å². The predicted molar refractivity (Wildman–Crippen MR) is 109 cm³/mol. The maximum atomic E-state index is 5.99. The zero-order valence-corrected chi connectivity index (χ0v) is 15.3. The van der Waals surface area contributed by atoms with Crippen molar-refractivity contribution < 1.29 is 0 Å². The summed E-state index contributed by atoms with van der Waals surface area (Å²) in [5.41, 5.74) is 11.4. The van der Waals surface area contributed by atoms with Crippen LogP contribution < -0.4 is 5.73 Å². The van der Waals surface area contributed by atoms with Crippen molar-refractivity contribution in [2.75, 3.05) is 18.8 Å². The Morgan fingerprint density at radius 1 is 1.00 bits per heavy atom. The minimum Gasteiger partial charge on any atom is -0.382 e. The van der Waals surface area contributed by atoms with E-state index in [0.717, 1.165) is 34.0 Å². The molecular formula is C21H24N6. The van der Waals surface area contributed by atoms with Crippen LogP contribution in [0.25, 0.3) is 33.1 Å². The number of nitrogen functional groups attached to an aromatic ring is 1. The fourth-order valence-electron chi connectivity index (χ4n) is 4.16. The molecule has 0 bridgehead atoms. The SMILES string of the molecule is Nc1n[nH]c2ccc(-c3ccnc4[nH]c(CN5CCCCCC5)cc34)cc12. The summed E-state index contributed by atoms with van der Waals surface area (Å²) in [4.78, 5) is 10.6. The van der Waals surface area contributed by atoms with Crippen LogP contribution in [0.2, 0.25) is 0 Å². The maximum Gasteiger partial charge on any atom is 0.153 e. The van der Waals surface area contributed by atoms with Crippen molar-refractivity contribution in [2.24, 2.45) is 0 Å². The van der Waals surface area contributed by atoms with E-state index in [9.17, 15) is 0 Å². The molecular weight excluding hydrogens is 336 g/mol. The average molecular weight is 360 g/mol. The van der Waals surface area contributed by atoms with Gasteiger partial charge in [0.2, 0.25) is 0 Å². The first kappa shape index (κ1) is 16.3. The predicted octanol–water partition coefficient (Wildman–Crippen LogP) is 4.06. The van der Waals surface area contributed by atoms with Gasteiger partial charge in [-0.2, -0.15) is 5.10 Å². The fraction of sp³-hybridized carbons (Fsp3) is 0.333. The van der Waals surface area contributed by atoms with E-state index in [1.54, 1.807) is 0 Å². The van der Waals surface area contributed by atoms with Gasteiger partial charge in [0, 0.05) is 29.2 Å². The number of nitrogens with zero attached hydrogens (tertiary/aromatic N) is 3. The first-order valence-corrected chi connectivity index (χ1v) is 9.71. The van der Waals surface area contributed by atoms with E-state index in [1.807, 2.05) is 12.3 Å². The molecule has 4 heterocycles. The number of likely N-dealkylation sites (tertiary alicyclic amines) is 1. The van der Waals surface area contributed by atoms with Crippen LogP contribution in [0.1, 0.15) is 31.4 Å². The number of hydrogen-bond acceptors (Lipinski definition) is 4. The molecule has 1 aliphatic heterocycles. The van der Waals surface area contributed by atoms with Crippen molar-refractivity contribution in [3.8, 4) is 11.1 Å². The lowest BCUT2D eigenvalue weighted by atomic mass is 10.0. The van der Waals surface area contributed by atoms with E-state index in [4.69, 9.17) is 5.73 Å². The third-order valence-electron chi connectivity index (χ3n) is 5.58. The molecule has 0 radical (unpaired) electrons. The lowest BCUT2D eigenvalue weighted by Gasteiger charge is -2.18. The Hall–Kier alpha value is -2.86. The molecule has 1 aliphatic rings. The standard InChI is InChI=1S/C21H24N6/c22-20-18-11-14(5-6-19(18)25-26-20)16-7-8-23-21-17(16)12-15(24-21)13-27-9-3-1-2-4-10-27/h5-8,11-12H,1-4,9-10,13H2,(H,23,24)(H3,22,25,26). The summed E-state index contributed by atoms with van der Waals surface area (Å²) in [6, 6.07) is 10.6. The van der Waals surface area contributed by atoms with Gasteiger partial charge in [-0.3, -0.25) is 10.00 Å². The van der Waals surface area contributed by atoms with Crippen LogP contribution in [0.5, 0.6) is 0 Å². The van der Waals surface area contributed by atoms with Crippen molar-refractivity contribution in [2.45, 2.75) is 32.2 Å². The molecule has 0 spiro atoms. The molecule has 4 N–H and O–H groups in total. The van der Waals surface area contributed by atoms with E-state index < -0.39 is 0 Å². The van der Waals surface area contributed by atoms with Gasteiger partial charge in [-0.1, -0.05) is 18.9 Å². The maximum absolute atomic E-state index is 5.99. The monoisotopic (exact) mass is 360 g/mol. The van der Waals surface area contributed by atoms with Crippen LogP contribution in [0.15, 0.2) is 36.5 Å². The minimum atomic E-state index is 0.535. The Labute approximate surface area is 157 Å². The van der Waals surface area contributed by atoms with Crippen LogP contribution in [0, 0.1) is 0 Å². The van der Waals surface area contributed by atoms with Crippen molar-refractivity contribution in [1.29, 1.82) is 0 Å². The highest BCUT2D eigenvalue weighted by Gasteiger charge is 2.14. The molecule has 4 aromatic rings. The number of nitrogens with two attached hydrogens (primary N) is 1. The number of pyridine rings is 1. The quantitative estimate of drug-likeness (QED) is 0.514. The molecule has 1 aromatic carbocycles. The highest BCUT2D eigenvalue weighted by molar-refractivity contribution is 5.98. The number of nitrogens with one attached hydrogen (secondary N) is 2. The van der Waals surface area contributed by atoms with Gasteiger partial charge >= 0.3 is 0 Å². The number of fused-ring (bicyclic) bond motifs is 2. The summed E-state index contributed by atoms with van der Waals surface area (Å²) in [6.45, 7) is 3.34. The molecule has 6 nitrogen and oxygen atoms in total. The average Bonchev–Trinajstić information content (AvgIpc) is 3.16. The number of H-pyrrole nitrogens is 2. The Morgan fingerprint density at radius 2 is 1.85 bits per heavy atom. The zero-order valence-electron chi connectivity index (χ0n) is 15.3. The number of benzene rings is 1. The van der Waals surface area contributed by atoms with E-state index in [1.165, 1.54) is 50.0 Å². The van der Waals surface area contributed by atoms with Crippen LogP contribution in [-0.4, -0.2) is 38.2 Å². The Balaban J connectivity index is 1.52. The van der Waals surface area contributed by atoms with E-state index in [2.05, 4.69) is 49.3 Å². The second kappa shape index (κ2) is 6.70. The molecule has 138 valence electrons. The molecule has 0 unspecified atom stereocenters.